The lowest BCUT2D eigenvalue weighted by molar-refractivity contribution is 0.0647. The van der Waals surface area contributed by atoms with Gasteiger partial charge in [-0.3, -0.25) is 15.0 Å². The smallest absolute Gasteiger partial charge is 0.280 e. The van der Waals surface area contributed by atoms with E-state index in [1.54, 1.807) is 24.3 Å². The summed E-state index contributed by atoms with van der Waals surface area (Å²) < 4.78 is 5.44. The second-order valence-corrected chi connectivity index (χ2v) is 8.38. The predicted octanol–water partition coefficient (Wildman–Crippen LogP) is 1.46. The number of hydrogen-bond acceptors (Lipinski definition) is 10. The molecule has 11 heteroatoms. The van der Waals surface area contributed by atoms with Gasteiger partial charge in [-0.2, -0.15) is 20.0 Å². The van der Waals surface area contributed by atoms with Crippen molar-refractivity contribution in [3.05, 3.63) is 47.5 Å². The molecule has 0 bridgehead atoms. The second-order valence-electron chi connectivity index (χ2n) is 8.38. The minimum Gasteiger partial charge on any atom is -0.378 e. The van der Waals surface area contributed by atoms with Gasteiger partial charge in [-0.1, -0.05) is 24.3 Å². The number of rotatable bonds is 7. The minimum absolute atomic E-state index is 0.108. The highest BCUT2D eigenvalue weighted by Crippen LogP contribution is 2.30. The van der Waals surface area contributed by atoms with Gasteiger partial charge >= 0.3 is 0 Å². The Morgan fingerprint density at radius 3 is 2.24 bits per heavy atom. The number of benzene rings is 2. The number of aromatic nitrogens is 3. The van der Waals surface area contributed by atoms with Crippen LogP contribution in [0.1, 0.15) is 20.7 Å². The third-order valence-corrected chi connectivity index (χ3v) is 5.74. The number of nitrogens with zero attached hydrogens (tertiary/aromatic N) is 6. The Kier molecular flexibility index (Phi) is 5.95. The Hall–Kier alpha value is -3.83. The zero-order chi connectivity index (χ0) is 23.7. The van der Waals surface area contributed by atoms with Crippen LogP contribution < -0.4 is 15.6 Å². The summed E-state index contributed by atoms with van der Waals surface area (Å²) in [5.74, 6) is 0.0133. The van der Waals surface area contributed by atoms with Gasteiger partial charge in [0.05, 0.1) is 24.3 Å². The highest BCUT2D eigenvalue weighted by Gasteiger charge is 2.34. The van der Waals surface area contributed by atoms with E-state index in [1.165, 1.54) is 0 Å². The highest BCUT2D eigenvalue weighted by molar-refractivity contribution is 6.25. The van der Waals surface area contributed by atoms with Crippen LogP contribution in [0.2, 0.25) is 0 Å². The molecule has 2 amide bonds. The van der Waals surface area contributed by atoms with Gasteiger partial charge in [0.1, 0.15) is 0 Å². The molecule has 0 atom stereocenters. The molecule has 1 aromatic heterocycles. The molecular formula is C23H26N8O3. The van der Waals surface area contributed by atoms with Crippen LogP contribution in [-0.4, -0.2) is 90.2 Å². The number of ether oxygens (including phenoxy) is 1. The summed E-state index contributed by atoms with van der Waals surface area (Å²) in [4.78, 5) is 44.0. The maximum Gasteiger partial charge on any atom is 0.280 e. The average molecular weight is 463 g/mol. The van der Waals surface area contributed by atoms with E-state index in [1.807, 2.05) is 36.0 Å². The van der Waals surface area contributed by atoms with Gasteiger partial charge in [-0.05, 0) is 31.6 Å². The van der Waals surface area contributed by atoms with Crippen molar-refractivity contribution in [2.75, 3.05) is 69.1 Å². The zero-order valence-electron chi connectivity index (χ0n) is 19.1. The number of morpholine rings is 1. The first-order valence-electron chi connectivity index (χ1n) is 11.2. The number of likely N-dealkylation sites (N-methyl/N-ethyl adjacent to an activating group) is 1. The summed E-state index contributed by atoms with van der Waals surface area (Å²) in [6.45, 7) is 3.82. The molecule has 1 fully saturated rings. The number of hydrogen-bond donors (Lipinski definition) is 2. The largest absolute Gasteiger partial charge is 0.378 e. The molecule has 2 aliphatic heterocycles. The molecule has 2 aliphatic rings. The Bertz CT molecular complexity index is 1190. The van der Waals surface area contributed by atoms with Crippen LogP contribution in [-0.2, 0) is 4.74 Å². The SMILES string of the molecule is CN(C)CCNc1nc(NN2C(=O)c3cccc4cccc(c34)C2=O)nc(N2CCOCC2)n1. The summed E-state index contributed by atoms with van der Waals surface area (Å²) in [6.07, 6.45) is 0. The molecule has 3 aromatic rings. The van der Waals surface area contributed by atoms with E-state index < -0.39 is 11.8 Å². The monoisotopic (exact) mass is 462 g/mol. The lowest BCUT2D eigenvalue weighted by Gasteiger charge is -2.29. The van der Waals surface area contributed by atoms with Crippen molar-refractivity contribution in [3.8, 4) is 0 Å². The number of amides is 2. The molecule has 176 valence electrons. The fourth-order valence-electron chi connectivity index (χ4n) is 4.02. The van der Waals surface area contributed by atoms with E-state index in [0.717, 1.165) is 16.9 Å². The predicted molar refractivity (Wildman–Crippen MR) is 128 cm³/mol. The third kappa shape index (κ3) is 4.22. The lowest BCUT2D eigenvalue weighted by Crippen LogP contribution is -2.45. The summed E-state index contributed by atoms with van der Waals surface area (Å²) in [6, 6.07) is 10.8. The van der Waals surface area contributed by atoms with Crippen molar-refractivity contribution in [2.24, 2.45) is 0 Å². The first-order valence-corrected chi connectivity index (χ1v) is 11.2. The van der Waals surface area contributed by atoms with Crippen LogP contribution in [0.3, 0.4) is 0 Å². The molecule has 2 N–H and O–H groups in total. The number of imide groups is 1. The minimum atomic E-state index is -0.454. The molecule has 11 nitrogen and oxygen atoms in total. The quantitative estimate of drug-likeness (QED) is 0.500. The first-order chi connectivity index (χ1) is 16.5. The van der Waals surface area contributed by atoms with Crippen molar-refractivity contribution in [1.82, 2.24) is 24.9 Å². The van der Waals surface area contributed by atoms with Crippen LogP contribution >= 0.6 is 0 Å². The van der Waals surface area contributed by atoms with Gasteiger partial charge in [0, 0.05) is 31.6 Å². The Morgan fingerprint density at radius 1 is 0.941 bits per heavy atom. The van der Waals surface area contributed by atoms with Gasteiger partial charge in [0.25, 0.3) is 11.8 Å². The van der Waals surface area contributed by atoms with Crippen molar-refractivity contribution >= 4 is 40.4 Å². The number of carbonyl (C=O) groups excluding carboxylic acids is 2. The molecule has 34 heavy (non-hydrogen) atoms. The van der Waals surface area contributed by atoms with E-state index >= 15 is 0 Å². The van der Waals surface area contributed by atoms with Gasteiger partial charge < -0.3 is 19.9 Å². The molecule has 3 heterocycles. The summed E-state index contributed by atoms with van der Waals surface area (Å²) in [7, 11) is 3.96. The van der Waals surface area contributed by atoms with Crippen molar-refractivity contribution in [2.45, 2.75) is 0 Å². The fraction of sp³-hybridized carbons (Fsp3) is 0.348. The molecule has 1 saturated heterocycles. The number of carbonyl (C=O) groups is 2. The second kappa shape index (κ2) is 9.20. The van der Waals surface area contributed by atoms with E-state index in [2.05, 4.69) is 25.7 Å². The maximum atomic E-state index is 13.3. The Balaban J connectivity index is 1.47. The number of anilines is 3. The highest BCUT2D eigenvalue weighted by atomic mass is 16.5. The molecule has 0 aliphatic carbocycles. The van der Waals surface area contributed by atoms with Crippen molar-refractivity contribution < 1.29 is 14.3 Å². The average Bonchev–Trinajstić information content (AvgIpc) is 2.85. The van der Waals surface area contributed by atoms with Crippen LogP contribution in [0.5, 0.6) is 0 Å². The van der Waals surface area contributed by atoms with Crippen LogP contribution in [0.15, 0.2) is 36.4 Å². The molecular weight excluding hydrogens is 436 g/mol. The summed E-state index contributed by atoms with van der Waals surface area (Å²) >= 11 is 0. The van der Waals surface area contributed by atoms with Crippen molar-refractivity contribution in [1.29, 1.82) is 0 Å². The van der Waals surface area contributed by atoms with Gasteiger partial charge in [-0.15, -0.1) is 0 Å². The summed E-state index contributed by atoms with van der Waals surface area (Å²) in [5, 5.41) is 5.68. The standard InChI is InChI=1S/C23H26N8O3/c1-29(2)10-9-24-21-25-22(27-23(26-21)30-11-13-34-14-12-30)28-31-19(32)16-7-3-5-15-6-4-8-17(18(15)16)20(31)33/h3-8H,9-14H2,1-2H3,(H2,24,25,26,27,28). The molecule has 2 aromatic carbocycles. The van der Waals surface area contributed by atoms with Gasteiger partial charge in [0.2, 0.25) is 17.8 Å². The van der Waals surface area contributed by atoms with Gasteiger partial charge in [-0.25, -0.2) is 0 Å². The van der Waals surface area contributed by atoms with E-state index in [0.29, 0.717) is 61.3 Å². The third-order valence-electron chi connectivity index (χ3n) is 5.74. The topological polar surface area (TPSA) is 116 Å². The number of hydrazine groups is 1. The Morgan fingerprint density at radius 2 is 1.59 bits per heavy atom. The summed E-state index contributed by atoms with van der Waals surface area (Å²) in [5.41, 5.74) is 3.75. The molecule has 0 unspecified atom stereocenters. The molecule has 0 spiro atoms. The number of nitrogens with one attached hydrogen (secondary N) is 2. The Labute approximate surface area is 196 Å². The normalized spacial score (nSPS) is 15.9. The van der Waals surface area contributed by atoms with Crippen LogP contribution in [0.25, 0.3) is 10.8 Å². The van der Waals surface area contributed by atoms with Crippen LogP contribution in [0, 0.1) is 0 Å². The maximum absolute atomic E-state index is 13.3. The molecule has 5 rings (SSSR count). The van der Waals surface area contributed by atoms with E-state index in [-0.39, 0.29) is 5.95 Å². The first kappa shape index (κ1) is 22.0. The van der Waals surface area contributed by atoms with E-state index in [9.17, 15) is 9.59 Å². The molecule has 0 saturated carbocycles. The molecule has 0 radical (unpaired) electrons. The van der Waals surface area contributed by atoms with E-state index in [4.69, 9.17) is 4.74 Å². The lowest BCUT2D eigenvalue weighted by atomic mass is 9.95. The zero-order valence-corrected chi connectivity index (χ0v) is 19.1. The van der Waals surface area contributed by atoms with Crippen LogP contribution in [0.4, 0.5) is 17.8 Å². The van der Waals surface area contributed by atoms with Gasteiger partial charge in [0.15, 0.2) is 0 Å². The fourth-order valence-corrected chi connectivity index (χ4v) is 4.02. The van der Waals surface area contributed by atoms with Crippen molar-refractivity contribution in [3.63, 3.8) is 0 Å².